The largest absolute Gasteiger partial charge is 0.382 e. The highest BCUT2D eigenvalue weighted by Crippen LogP contribution is 2.24. The minimum atomic E-state index is 0.313. The molecule has 1 aromatic carbocycles. The summed E-state index contributed by atoms with van der Waals surface area (Å²) in [6, 6.07) is 8.71. The van der Waals surface area contributed by atoms with Gasteiger partial charge in [-0.2, -0.15) is 0 Å². The lowest BCUT2D eigenvalue weighted by atomic mass is 9.94. The van der Waals surface area contributed by atoms with Gasteiger partial charge in [0.15, 0.2) is 0 Å². The van der Waals surface area contributed by atoms with E-state index in [9.17, 15) is 0 Å². The van der Waals surface area contributed by atoms with Crippen LogP contribution in [0.5, 0.6) is 0 Å². The summed E-state index contributed by atoms with van der Waals surface area (Å²) in [7, 11) is 1.77. The SMILES string of the molecule is COC(C)CC(CBr)c1cccc(C)c1. The Balaban J connectivity index is 2.73. The maximum Gasteiger partial charge on any atom is 0.0549 e. The van der Waals surface area contributed by atoms with Gasteiger partial charge < -0.3 is 4.74 Å². The number of rotatable bonds is 5. The van der Waals surface area contributed by atoms with Gasteiger partial charge in [-0.15, -0.1) is 0 Å². The lowest BCUT2D eigenvalue weighted by Gasteiger charge is -2.18. The van der Waals surface area contributed by atoms with E-state index in [1.165, 1.54) is 11.1 Å². The van der Waals surface area contributed by atoms with Gasteiger partial charge in [0, 0.05) is 12.4 Å². The van der Waals surface area contributed by atoms with E-state index in [0.717, 1.165) is 11.8 Å². The molecule has 0 amide bonds. The fourth-order valence-electron chi connectivity index (χ4n) is 1.71. The molecule has 0 saturated carbocycles. The Hall–Kier alpha value is -0.340. The average Bonchev–Trinajstić information content (AvgIpc) is 2.25. The van der Waals surface area contributed by atoms with Crippen molar-refractivity contribution in [3.63, 3.8) is 0 Å². The highest BCUT2D eigenvalue weighted by Gasteiger charge is 2.13. The van der Waals surface area contributed by atoms with E-state index in [4.69, 9.17) is 4.74 Å². The number of hydrogen-bond acceptors (Lipinski definition) is 1. The highest BCUT2D eigenvalue weighted by molar-refractivity contribution is 9.09. The molecule has 0 spiro atoms. The van der Waals surface area contributed by atoms with Crippen molar-refractivity contribution in [1.29, 1.82) is 0 Å². The first kappa shape index (κ1) is 12.7. The molecule has 0 saturated heterocycles. The summed E-state index contributed by atoms with van der Waals surface area (Å²) >= 11 is 3.58. The minimum absolute atomic E-state index is 0.313. The molecule has 2 atom stereocenters. The normalized spacial score (nSPS) is 14.9. The van der Waals surface area contributed by atoms with Gasteiger partial charge in [-0.25, -0.2) is 0 Å². The molecule has 1 aromatic rings. The standard InChI is InChI=1S/C13H19BrO/c1-10-5-4-6-12(7-10)13(9-14)8-11(2)15-3/h4-7,11,13H,8-9H2,1-3H3. The van der Waals surface area contributed by atoms with Crippen LogP contribution in [0.4, 0.5) is 0 Å². The van der Waals surface area contributed by atoms with E-state index in [2.05, 4.69) is 54.0 Å². The summed E-state index contributed by atoms with van der Waals surface area (Å²) < 4.78 is 5.31. The fraction of sp³-hybridized carbons (Fsp3) is 0.538. The van der Waals surface area contributed by atoms with Crippen LogP contribution in [0.25, 0.3) is 0 Å². The number of aryl methyl sites for hydroxylation is 1. The summed E-state index contributed by atoms with van der Waals surface area (Å²) in [5.74, 6) is 0.542. The van der Waals surface area contributed by atoms with Crippen LogP contribution in [-0.4, -0.2) is 18.5 Å². The molecule has 0 fully saturated rings. The molecule has 1 nitrogen and oxygen atoms in total. The monoisotopic (exact) mass is 270 g/mol. The zero-order valence-electron chi connectivity index (χ0n) is 9.66. The first-order valence-electron chi connectivity index (χ1n) is 5.32. The molecule has 0 aromatic heterocycles. The quantitative estimate of drug-likeness (QED) is 0.738. The third-order valence-corrected chi connectivity index (χ3v) is 3.50. The number of alkyl halides is 1. The minimum Gasteiger partial charge on any atom is -0.382 e. The van der Waals surface area contributed by atoms with Gasteiger partial charge >= 0.3 is 0 Å². The van der Waals surface area contributed by atoms with Crippen molar-refractivity contribution in [2.24, 2.45) is 0 Å². The van der Waals surface area contributed by atoms with Crippen molar-refractivity contribution in [2.45, 2.75) is 32.3 Å². The zero-order valence-corrected chi connectivity index (χ0v) is 11.3. The smallest absolute Gasteiger partial charge is 0.0549 e. The first-order chi connectivity index (χ1) is 7.17. The van der Waals surface area contributed by atoms with Crippen LogP contribution in [0, 0.1) is 6.92 Å². The predicted molar refractivity (Wildman–Crippen MR) is 68.8 cm³/mol. The summed E-state index contributed by atoms with van der Waals surface area (Å²) in [6.45, 7) is 4.25. The number of ether oxygens (including phenoxy) is 1. The Bertz CT molecular complexity index is 298. The molecular weight excluding hydrogens is 252 g/mol. The second kappa shape index (κ2) is 6.29. The molecule has 0 radical (unpaired) electrons. The van der Waals surface area contributed by atoms with E-state index in [1.807, 2.05) is 0 Å². The summed E-state index contributed by atoms with van der Waals surface area (Å²) in [5, 5.41) is 0.990. The van der Waals surface area contributed by atoms with Gasteiger partial charge in [0.1, 0.15) is 0 Å². The van der Waals surface area contributed by atoms with Gasteiger partial charge in [-0.3, -0.25) is 0 Å². The van der Waals surface area contributed by atoms with Crippen LogP contribution < -0.4 is 0 Å². The molecule has 0 heterocycles. The van der Waals surface area contributed by atoms with Crippen LogP contribution in [-0.2, 0) is 4.74 Å². The topological polar surface area (TPSA) is 9.23 Å². The Labute approximate surface area is 101 Å². The molecular formula is C13H19BrO. The Morgan fingerprint density at radius 2 is 2.13 bits per heavy atom. The number of methoxy groups -OCH3 is 1. The van der Waals surface area contributed by atoms with Crippen LogP contribution in [0.1, 0.15) is 30.4 Å². The van der Waals surface area contributed by atoms with E-state index in [1.54, 1.807) is 7.11 Å². The molecule has 0 aliphatic heterocycles. The molecule has 84 valence electrons. The van der Waals surface area contributed by atoms with Crippen LogP contribution in [0.3, 0.4) is 0 Å². The molecule has 0 aliphatic carbocycles. The number of hydrogen-bond donors (Lipinski definition) is 0. The van der Waals surface area contributed by atoms with Crippen molar-refractivity contribution in [2.75, 3.05) is 12.4 Å². The predicted octanol–water partition coefficient (Wildman–Crippen LogP) is 3.90. The Morgan fingerprint density at radius 3 is 2.67 bits per heavy atom. The summed E-state index contributed by atoms with van der Waals surface area (Å²) in [6.07, 6.45) is 1.37. The molecule has 0 bridgehead atoms. The molecule has 0 N–H and O–H groups in total. The third kappa shape index (κ3) is 3.96. The van der Waals surface area contributed by atoms with Crippen molar-refractivity contribution in [3.05, 3.63) is 35.4 Å². The molecule has 1 rings (SSSR count). The van der Waals surface area contributed by atoms with Gasteiger partial charge in [0.2, 0.25) is 0 Å². The van der Waals surface area contributed by atoms with Gasteiger partial charge in [-0.05, 0) is 31.7 Å². The van der Waals surface area contributed by atoms with E-state index in [0.29, 0.717) is 12.0 Å². The lowest BCUT2D eigenvalue weighted by Crippen LogP contribution is -2.12. The number of halogens is 1. The average molecular weight is 271 g/mol. The van der Waals surface area contributed by atoms with E-state index < -0.39 is 0 Å². The maximum absolute atomic E-state index is 5.31. The highest BCUT2D eigenvalue weighted by atomic mass is 79.9. The second-order valence-corrected chi connectivity index (χ2v) is 4.69. The third-order valence-electron chi connectivity index (χ3n) is 2.72. The van der Waals surface area contributed by atoms with Gasteiger partial charge in [0.05, 0.1) is 6.10 Å². The van der Waals surface area contributed by atoms with Crippen LogP contribution in [0.15, 0.2) is 24.3 Å². The molecule has 2 heteroatoms. The van der Waals surface area contributed by atoms with Crippen LogP contribution in [0.2, 0.25) is 0 Å². The van der Waals surface area contributed by atoms with Crippen molar-refractivity contribution >= 4 is 15.9 Å². The van der Waals surface area contributed by atoms with Crippen molar-refractivity contribution in [1.82, 2.24) is 0 Å². The van der Waals surface area contributed by atoms with Crippen LogP contribution >= 0.6 is 15.9 Å². The van der Waals surface area contributed by atoms with E-state index >= 15 is 0 Å². The second-order valence-electron chi connectivity index (χ2n) is 4.05. The van der Waals surface area contributed by atoms with E-state index in [-0.39, 0.29) is 0 Å². The molecule has 2 unspecified atom stereocenters. The summed E-state index contributed by atoms with van der Waals surface area (Å²) in [5.41, 5.74) is 2.72. The number of benzene rings is 1. The van der Waals surface area contributed by atoms with Gasteiger partial charge in [0.25, 0.3) is 0 Å². The lowest BCUT2D eigenvalue weighted by molar-refractivity contribution is 0.106. The Kier molecular flexibility index (Phi) is 5.34. The van der Waals surface area contributed by atoms with Crippen molar-refractivity contribution < 1.29 is 4.74 Å². The zero-order chi connectivity index (χ0) is 11.3. The first-order valence-corrected chi connectivity index (χ1v) is 6.44. The molecule has 15 heavy (non-hydrogen) atoms. The summed E-state index contributed by atoms with van der Waals surface area (Å²) in [4.78, 5) is 0. The fourth-order valence-corrected chi connectivity index (χ4v) is 2.35. The molecule has 0 aliphatic rings. The van der Waals surface area contributed by atoms with Crippen molar-refractivity contribution in [3.8, 4) is 0 Å². The van der Waals surface area contributed by atoms with Gasteiger partial charge in [-0.1, -0.05) is 45.8 Å². The maximum atomic E-state index is 5.31. The Morgan fingerprint density at radius 1 is 1.40 bits per heavy atom.